The molecule has 2 amide bonds. The Bertz CT molecular complexity index is 670. The largest absolute Gasteiger partial charge is 0.444 e. The van der Waals surface area contributed by atoms with E-state index in [1.54, 1.807) is 4.90 Å². The molecule has 1 atom stereocenters. The van der Waals surface area contributed by atoms with E-state index in [2.05, 4.69) is 35.0 Å². The van der Waals surface area contributed by atoms with Gasteiger partial charge in [0.2, 0.25) is 5.91 Å². The quantitative estimate of drug-likeness (QED) is 0.731. The fraction of sp³-hybridized carbons (Fsp3) is 0.600. The van der Waals surface area contributed by atoms with Crippen molar-refractivity contribution in [2.24, 2.45) is 0 Å². The Hall–Kier alpha value is -1.56. The second-order valence-electron chi connectivity index (χ2n) is 7.93. The number of rotatable bonds is 3. The molecule has 0 bridgehead atoms. The summed E-state index contributed by atoms with van der Waals surface area (Å²) in [7, 11) is 0. The van der Waals surface area contributed by atoms with Crippen LogP contribution in [0, 0.1) is 6.92 Å². The Labute approximate surface area is 164 Å². The van der Waals surface area contributed by atoms with E-state index in [9.17, 15) is 9.59 Å². The van der Waals surface area contributed by atoms with Gasteiger partial charge in [0.25, 0.3) is 0 Å². The van der Waals surface area contributed by atoms with Crippen LogP contribution in [-0.2, 0) is 16.0 Å². The van der Waals surface area contributed by atoms with E-state index in [4.69, 9.17) is 4.74 Å². The summed E-state index contributed by atoms with van der Waals surface area (Å²) in [6.45, 7) is 11.2. The highest BCUT2D eigenvalue weighted by Crippen LogP contribution is 2.19. The zero-order valence-electron chi connectivity index (χ0n) is 16.3. The summed E-state index contributed by atoms with van der Waals surface area (Å²) in [4.78, 5) is 28.5. The number of hydrogen-bond acceptors (Lipinski definition) is 3. The highest BCUT2D eigenvalue weighted by molar-refractivity contribution is 9.10. The second-order valence-corrected chi connectivity index (χ2v) is 8.85. The molecular weight excluding hydrogens is 396 g/mol. The van der Waals surface area contributed by atoms with Crippen molar-refractivity contribution in [3.63, 3.8) is 0 Å². The van der Waals surface area contributed by atoms with Crippen molar-refractivity contribution in [2.75, 3.05) is 19.6 Å². The highest BCUT2D eigenvalue weighted by atomic mass is 79.9. The predicted octanol–water partition coefficient (Wildman–Crippen LogP) is 4.16. The van der Waals surface area contributed by atoms with Gasteiger partial charge in [-0.3, -0.25) is 4.79 Å². The molecule has 5 nitrogen and oxygen atoms in total. The first kappa shape index (κ1) is 20.7. The molecule has 6 heteroatoms. The minimum atomic E-state index is -0.508. The Morgan fingerprint density at radius 1 is 1.27 bits per heavy atom. The van der Waals surface area contributed by atoms with Crippen LogP contribution in [0.4, 0.5) is 4.79 Å². The van der Waals surface area contributed by atoms with Crippen LogP contribution < -0.4 is 0 Å². The molecule has 0 aromatic heterocycles. The molecule has 1 heterocycles. The van der Waals surface area contributed by atoms with Gasteiger partial charge in [0.1, 0.15) is 5.60 Å². The molecule has 0 unspecified atom stereocenters. The van der Waals surface area contributed by atoms with E-state index in [1.807, 2.05) is 38.7 Å². The van der Waals surface area contributed by atoms with Crippen LogP contribution in [0.3, 0.4) is 0 Å². The molecule has 144 valence electrons. The molecule has 1 saturated heterocycles. The van der Waals surface area contributed by atoms with Crippen molar-refractivity contribution >= 4 is 27.9 Å². The molecule has 1 aliphatic heterocycles. The number of aryl methyl sites for hydroxylation is 2. The molecule has 1 fully saturated rings. The number of benzene rings is 1. The Kier molecular flexibility index (Phi) is 6.72. The summed E-state index contributed by atoms with van der Waals surface area (Å²) in [6.07, 6.45) is 0.906. The zero-order chi connectivity index (χ0) is 19.5. The molecule has 0 spiro atoms. The van der Waals surface area contributed by atoms with Gasteiger partial charge in [0.15, 0.2) is 0 Å². The molecule has 1 aromatic rings. The average molecular weight is 425 g/mol. The second kappa shape index (κ2) is 8.42. The van der Waals surface area contributed by atoms with Crippen LogP contribution in [0.15, 0.2) is 22.7 Å². The maximum absolute atomic E-state index is 12.6. The number of hydrogen-bond donors (Lipinski definition) is 0. The molecule has 0 N–H and O–H groups in total. The summed E-state index contributed by atoms with van der Waals surface area (Å²) in [5, 5.41) is 0. The van der Waals surface area contributed by atoms with Crippen LogP contribution in [0.5, 0.6) is 0 Å². The molecule has 26 heavy (non-hydrogen) atoms. The van der Waals surface area contributed by atoms with Crippen LogP contribution >= 0.6 is 15.9 Å². The maximum Gasteiger partial charge on any atom is 0.410 e. The van der Waals surface area contributed by atoms with Crippen molar-refractivity contribution < 1.29 is 14.3 Å². The van der Waals surface area contributed by atoms with Gasteiger partial charge in [-0.15, -0.1) is 0 Å². The number of nitrogens with zero attached hydrogens (tertiary/aromatic N) is 2. The number of carbonyl (C=O) groups excluding carboxylic acids is 2. The van der Waals surface area contributed by atoms with Gasteiger partial charge in [-0.25, -0.2) is 4.79 Å². The van der Waals surface area contributed by atoms with Crippen LogP contribution in [0.25, 0.3) is 0 Å². The van der Waals surface area contributed by atoms with Crippen molar-refractivity contribution in [1.29, 1.82) is 0 Å². The monoisotopic (exact) mass is 424 g/mol. The van der Waals surface area contributed by atoms with Gasteiger partial charge in [0.05, 0.1) is 0 Å². The van der Waals surface area contributed by atoms with E-state index in [0.29, 0.717) is 26.1 Å². The Morgan fingerprint density at radius 3 is 2.58 bits per heavy atom. The lowest BCUT2D eigenvalue weighted by Gasteiger charge is -2.40. The SMILES string of the molecule is Cc1ccc(Br)cc1CCC(=O)N1CCN(C(=O)OC(C)(C)C)[C@H](C)C1. The highest BCUT2D eigenvalue weighted by Gasteiger charge is 2.32. The fourth-order valence-corrected chi connectivity index (χ4v) is 3.49. The summed E-state index contributed by atoms with van der Waals surface area (Å²) in [6, 6.07) is 6.10. The van der Waals surface area contributed by atoms with E-state index < -0.39 is 5.60 Å². The van der Waals surface area contributed by atoms with Crippen molar-refractivity contribution in [1.82, 2.24) is 9.80 Å². The molecule has 0 radical (unpaired) electrons. The average Bonchev–Trinajstić information content (AvgIpc) is 2.53. The third-order valence-corrected chi connectivity index (χ3v) is 5.02. The predicted molar refractivity (Wildman–Crippen MR) is 106 cm³/mol. The molecule has 2 rings (SSSR count). The molecule has 0 saturated carbocycles. The summed E-state index contributed by atoms with van der Waals surface area (Å²) in [5.74, 6) is 0.139. The third kappa shape index (κ3) is 5.73. The van der Waals surface area contributed by atoms with Crippen molar-refractivity contribution in [2.45, 2.75) is 59.1 Å². The van der Waals surface area contributed by atoms with Crippen molar-refractivity contribution in [3.8, 4) is 0 Å². The first-order valence-electron chi connectivity index (χ1n) is 9.09. The maximum atomic E-state index is 12.6. The van der Waals surface area contributed by atoms with Crippen LogP contribution in [0.1, 0.15) is 45.2 Å². The number of halogens is 1. The standard InChI is InChI=1S/C20H29BrN2O3/c1-14-6-8-17(21)12-16(14)7-9-18(24)22-10-11-23(15(2)13-22)19(25)26-20(3,4)5/h6,8,12,15H,7,9-11,13H2,1-5H3/t15-/m1/s1. The minimum Gasteiger partial charge on any atom is -0.444 e. The van der Waals surface area contributed by atoms with Gasteiger partial charge in [0, 0.05) is 36.6 Å². The number of piperazine rings is 1. The van der Waals surface area contributed by atoms with Gasteiger partial charge < -0.3 is 14.5 Å². The molecule has 1 aromatic carbocycles. The Morgan fingerprint density at radius 2 is 1.96 bits per heavy atom. The normalized spacial score (nSPS) is 18.0. The van der Waals surface area contributed by atoms with Gasteiger partial charge in [-0.2, -0.15) is 0 Å². The number of carbonyl (C=O) groups is 2. The molecular formula is C20H29BrN2O3. The number of ether oxygens (including phenoxy) is 1. The van der Waals surface area contributed by atoms with Crippen LogP contribution in [-0.4, -0.2) is 53.1 Å². The lowest BCUT2D eigenvalue weighted by atomic mass is 10.0. The summed E-state index contributed by atoms with van der Waals surface area (Å²) < 4.78 is 6.48. The lowest BCUT2D eigenvalue weighted by molar-refractivity contribution is -0.134. The van der Waals surface area contributed by atoms with E-state index in [1.165, 1.54) is 11.1 Å². The molecule has 1 aliphatic rings. The van der Waals surface area contributed by atoms with Gasteiger partial charge in [-0.1, -0.05) is 22.0 Å². The summed E-state index contributed by atoms with van der Waals surface area (Å²) in [5.41, 5.74) is 1.88. The smallest absolute Gasteiger partial charge is 0.410 e. The molecule has 0 aliphatic carbocycles. The summed E-state index contributed by atoms with van der Waals surface area (Å²) >= 11 is 3.48. The lowest BCUT2D eigenvalue weighted by Crippen LogP contribution is -2.56. The third-order valence-electron chi connectivity index (χ3n) is 4.53. The van der Waals surface area contributed by atoms with Gasteiger partial charge in [-0.05, 0) is 64.3 Å². The fourth-order valence-electron chi connectivity index (χ4n) is 3.09. The van der Waals surface area contributed by atoms with E-state index in [-0.39, 0.29) is 18.0 Å². The Balaban J connectivity index is 1.88. The van der Waals surface area contributed by atoms with Crippen molar-refractivity contribution in [3.05, 3.63) is 33.8 Å². The first-order chi connectivity index (χ1) is 12.1. The van der Waals surface area contributed by atoms with E-state index >= 15 is 0 Å². The first-order valence-corrected chi connectivity index (χ1v) is 9.88. The zero-order valence-corrected chi connectivity index (χ0v) is 17.9. The van der Waals surface area contributed by atoms with E-state index in [0.717, 1.165) is 10.9 Å². The topological polar surface area (TPSA) is 49.9 Å². The minimum absolute atomic E-state index is 0.0462. The number of amides is 2. The van der Waals surface area contributed by atoms with Gasteiger partial charge >= 0.3 is 6.09 Å². The van der Waals surface area contributed by atoms with Crippen LogP contribution in [0.2, 0.25) is 0 Å².